The fourth-order valence-corrected chi connectivity index (χ4v) is 1.91. The molecule has 0 heterocycles. The topological polar surface area (TPSA) is 92.8 Å². The number of thiol groups is 1. The molecule has 2 N–H and O–H groups in total. The van der Waals surface area contributed by atoms with E-state index in [0.29, 0.717) is 5.75 Å². The number of benzene rings is 1. The fraction of sp³-hybridized carbons (Fsp3) is 0.455. The molecule has 0 aromatic heterocycles. The van der Waals surface area contributed by atoms with Gasteiger partial charge in [0, 0.05) is 6.07 Å². The van der Waals surface area contributed by atoms with E-state index < -0.39 is 17.1 Å². The van der Waals surface area contributed by atoms with Crippen LogP contribution in [0.15, 0.2) is 18.2 Å². The molecule has 0 radical (unpaired) electrons. The van der Waals surface area contributed by atoms with Gasteiger partial charge in [0.2, 0.25) is 0 Å². The van der Waals surface area contributed by atoms with Crippen molar-refractivity contribution in [2.24, 2.45) is 0 Å². The van der Waals surface area contributed by atoms with Crippen LogP contribution in [0.3, 0.4) is 0 Å². The molecule has 0 saturated carbocycles. The van der Waals surface area contributed by atoms with Gasteiger partial charge in [-0.3, -0.25) is 10.1 Å². The minimum absolute atomic E-state index is 0.0146. The largest absolute Gasteiger partial charge is 0.496 e. The molecule has 0 spiro atoms. The maximum atomic E-state index is 10.9. The standard InChI is InChI=1S/C11H15NO5S/c1-17-9-4-2-3-7(12(15)16)10(9)11(14)8(13)5-6-18/h2-4,8,11,13-14,18H,5-6H2,1H3. The minimum atomic E-state index is -1.38. The highest BCUT2D eigenvalue weighted by molar-refractivity contribution is 7.80. The van der Waals surface area contributed by atoms with Gasteiger partial charge in [-0.2, -0.15) is 12.6 Å². The summed E-state index contributed by atoms with van der Waals surface area (Å²) in [7, 11) is 1.35. The summed E-state index contributed by atoms with van der Waals surface area (Å²) in [5.74, 6) is 0.538. The molecule has 0 bridgehead atoms. The Morgan fingerprint density at radius 2 is 2.17 bits per heavy atom. The number of nitro benzene ring substituents is 1. The first-order chi connectivity index (χ1) is 8.52. The molecule has 0 saturated heterocycles. The highest BCUT2D eigenvalue weighted by atomic mass is 32.1. The first kappa shape index (κ1) is 14.7. The van der Waals surface area contributed by atoms with Crippen molar-refractivity contribution in [3.05, 3.63) is 33.9 Å². The lowest BCUT2D eigenvalue weighted by Crippen LogP contribution is -2.20. The highest BCUT2D eigenvalue weighted by Crippen LogP contribution is 2.35. The van der Waals surface area contributed by atoms with Crippen LogP contribution >= 0.6 is 12.6 Å². The van der Waals surface area contributed by atoms with Crippen LogP contribution in [-0.2, 0) is 0 Å². The monoisotopic (exact) mass is 273 g/mol. The number of nitro groups is 1. The second-order valence-corrected chi connectivity index (χ2v) is 4.12. The Hall–Kier alpha value is -1.31. The number of methoxy groups -OCH3 is 1. The summed E-state index contributed by atoms with van der Waals surface area (Å²) in [5.41, 5.74) is -0.292. The van der Waals surface area contributed by atoms with Crippen LogP contribution in [0.5, 0.6) is 5.75 Å². The van der Waals surface area contributed by atoms with Gasteiger partial charge in [-0.1, -0.05) is 6.07 Å². The van der Waals surface area contributed by atoms with Crippen molar-refractivity contribution in [2.45, 2.75) is 18.6 Å². The van der Waals surface area contributed by atoms with Crippen molar-refractivity contribution >= 4 is 18.3 Å². The van der Waals surface area contributed by atoms with Crippen LogP contribution in [0.1, 0.15) is 18.1 Å². The molecule has 0 aliphatic rings. The van der Waals surface area contributed by atoms with E-state index in [4.69, 9.17) is 4.74 Å². The number of aliphatic hydroxyl groups is 2. The Morgan fingerprint density at radius 1 is 1.50 bits per heavy atom. The third-order valence-corrected chi connectivity index (χ3v) is 2.80. The van der Waals surface area contributed by atoms with Gasteiger partial charge in [0.1, 0.15) is 17.4 Å². The summed E-state index contributed by atoms with van der Waals surface area (Å²) in [5, 5.41) is 30.6. The number of aliphatic hydroxyl groups excluding tert-OH is 2. The smallest absolute Gasteiger partial charge is 0.279 e. The predicted octanol–water partition coefficient (Wildman–Crippen LogP) is 1.32. The zero-order valence-electron chi connectivity index (χ0n) is 9.81. The third-order valence-electron chi connectivity index (χ3n) is 2.54. The van der Waals surface area contributed by atoms with Crippen LogP contribution < -0.4 is 4.74 Å². The molecule has 1 aromatic carbocycles. The van der Waals surface area contributed by atoms with E-state index in [2.05, 4.69) is 12.6 Å². The molecule has 0 fully saturated rings. The average molecular weight is 273 g/mol. The maximum Gasteiger partial charge on any atom is 0.279 e. The number of hydrogen-bond acceptors (Lipinski definition) is 6. The van der Waals surface area contributed by atoms with Crippen molar-refractivity contribution in [1.29, 1.82) is 0 Å². The van der Waals surface area contributed by atoms with E-state index in [0.717, 1.165) is 0 Å². The number of hydrogen-bond donors (Lipinski definition) is 3. The Balaban J connectivity index is 3.22. The molecule has 2 unspecified atom stereocenters. The molecule has 0 aliphatic heterocycles. The van der Waals surface area contributed by atoms with Gasteiger partial charge in [0.15, 0.2) is 0 Å². The third kappa shape index (κ3) is 3.12. The van der Waals surface area contributed by atoms with Gasteiger partial charge in [-0.05, 0) is 18.2 Å². The first-order valence-electron chi connectivity index (χ1n) is 5.31. The van der Waals surface area contributed by atoms with Crippen LogP contribution in [0.25, 0.3) is 0 Å². The Morgan fingerprint density at radius 3 is 2.67 bits per heavy atom. The van der Waals surface area contributed by atoms with Gasteiger partial charge in [0.05, 0.1) is 18.1 Å². The van der Waals surface area contributed by atoms with Gasteiger partial charge >= 0.3 is 0 Å². The quantitative estimate of drug-likeness (QED) is 0.413. The number of nitrogens with zero attached hydrogens (tertiary/aromatic N) is 1. The van der Waals surface area contributed by atoms with Crippen LogP contribution in [0.2, 0.25) is 0 Å². The average Bonchev–Trinajstić information content (AvgIpc) is 2.37. The van der Waals surface area contributed by atoms with E-state index in [1.165, 1.54) is 25.3 Å². The SMILES string of the molecule is COc1cccc([N+](=O)[O-])c1C(O)C(O)CCS. The van der Waals surface area contributed by atoms with Crippen molar-refractivity contribution in [3.8, 4) is 5.75 Å². The fourth-order valence-electron chi connectivity index (χ4n) is 1.65. The Kier molecular flexibility index (Phi) is 5.39. The van der Waals surface area contributed by atoms with Gasteiger partial charge in [-0.15, -0.1) is 0 Å². The lowest BCUT2D eigenvalue weighted by Gasteiger charge is -2.19. The molecule has 1 aromatic rings. The molecule has 1 rings (SSSR count). The first-order valence-corrected chi connectivity index (χ1v) is 5.94. The van der Waals surface area contributed by atoms with Gasteiger partial charge in [-0.25, -0.2) is 0 Å². The summed E-state index contributed by atoms with van der Waals surface area (Å²) in [6, 6.07) is 4.21. The molecule has 0 amide bonds. The molecule has 100 valence electrons. The molecule has 18 heavy (non-hydrogen) atoms. The normalized spacial score (nSPS) is 14.0. The van der Waals surface area contributed by atoms with Crippen molar-refractivity contribution < 1.29 is 19.9 Å². The molecule has 0 aliphatic carbocycles. The molecule has 2 atom stereocenters. The van der Waals surface area contributed by atoms with Crippen LogP contribution in [0.4, 0.5) is 5.69 Å². The minimum Gasteiger partial charge on any atom is -0.496 e. The second kappa shape index (κ2) is 6.58. The summed E-state index contributed by atoms with van der Waals surface area (Å²) in [6.45, 7) is 0. The summed E-state index contributed by atoms with van der Waals surface area (Å²) in [4.78, 5) is 10.3. The van der Waals surface area contributed by atoms with E-state index in [9.17, 15) is 20.3 Å². The van der Waals surface area contributed by atoms with Crippen molar-refractivity contribution in [1.82, 2.24) is 0 Å². The number of ether oxygens (including phenoxy) is 1. The zero-order valence-corrected chi connectivity index (χ0v) is 10.7. The van der Waals surface area contributed by atoms with E-state index in [1.807, 2.05) is 0 Å². The Bertz CT molecular complexity index is 426. The van der Waals surface area contributed by atoms with E-state index >= 15 is 0 Å². The summed E-state index contributed by atoms with van der Waals surface area (Å²) in [6.07, 6.45) is -2.29. The molecule has 7 heteroatoms. The molecular formula is C11H15NO5S. The highest BCUT2D eigenvalue weighted by Gasteiger charge is 2.29. The summed E-state index contributed by atoms with van der Waals surface area (Å²) < 4.78 is 4.99. The predicted molar refractivity (Wildman–Crippen MR) is 69.1 cm³/mol. The van der Waals surface area contributed by atoms with E-state index in [1.54, 1.807) is 0 Å². The van der Waals surface area contributed by atoms with Crippen LogP contribution in [0, 0.1) is 10.1 Å². The maximum absolute atomic E-state index is 10.9. The zero-order chi connectivity index (χ0) is 13.7. The number of rotatable bonds is 6. The van der Waals surface area contributed by atoms with Gasteiger partial charge < -0.3 is 14.9 Å². The second-order valence-electron chi connectivity index (χ2n) is 3.67. The van der Waals surface area contributed by atoms with Crippen LogP contribution in [-0.4, -0.2) is 34.1 Å². The summed E-state index contributed by atoms with van der Waals surface area (Å²) >= 11 is 3.95. The van der Waals surface area contributed by atoms with Crippen molar-refractivity contribution in [2.75, 3.05) is 12.9 Å². The lowest BCUT2D eigenvalue weighted by atomic mass is 10.00. The van der Waals surface area contributed by atoms with Crippen molar-refractivity contribution in [3.63, 3.8) is 0 Å². The molecular weight excluding hydrogens is 258 g/mol. The van der Waals surface area contributed by atoms with Gasteiger partial charge in [0.25, 0.3) is 5.69 Å². The van der Waals surface area contributed by atoms with E-state index in [-0.39, 0.29) is 23.4 Å². The Labute approximate surface area is 110 Å². The molecule has 6 nitrogen and oxygen atoms in total. The lowest BCUT2D eigenvalue weighted by molar-refractivity contribution is -0.386.